The van der Waals surface area contributed by atoms with Crippen LogP contribution in [0.2, 0.25) is 0 Å². The van der Waals surface area contributed by atoms with Crippen LogP contribution >= 0.6 is 0 Å². The first-order valence-corrected chi connectivity index (χ1v) is 6.86. The van der Waals surface area contributed by atoms with Gasteiger partial charge in [-0.1, -0.05) is 31.5 Å². The van der Waals surface area contributed by atoms with Crippen LogP contribution in [0.15, 0.2) is 28.7 Å². The average Bonchev–Trinajstić information content (AvgIpc) is 2.64. The SMILES string of the molecule is Cc1oc2ccccc2c1CNCC1(C)CCC1. The highest BCUT2D eigenvalue weighted by atomic mass is 16.3. The Morgan fingerprint density at radius 3 is 2.78 bits per heavy atom. The first-order valence-electron chi connectivity index (χ1n) is 6.86. The third-order valence-corrected chi connectivity index (χ3v) is 4.31. The smallest absolute Gasteiger partial charge is 0.134 e. The van der Waals surface area contributed by atoms with Crippen molar-refractivity contribution >= 4 is 11.0 Å². The van der Waals surface area contributed by atoms with Crippen LogP contribution in [-0.2, 0) is 6.54 Å². The molecule has 0 atom stereocenters. The van der Waals surface area contributed by atoms with Gasteiger partial charge in [-0.3, -0.25) is 0 Å². The normalized spacial score (nSPS) is 17.9. The quantitative estimate of drug-likeness (QED) is 0.877. The maximum atomic E-state index is 5.78. The van der Waals surface area contributed by atoms with Crippen molar-refractivity contribution < 1.29 is 4.42 Å². The van der Waals surface area contributed by atoms with Gasteiger partial charge in [0.15, 0.2) is 0 Å². The Balaban J connectivity index is 1.72. The van der Waals surface area contributed by atoms with E-state index in [4.69, 9.17) is 4.42 Å². The molecule has 1 heterocycles. The van der Waals surface area contributed by atoms with E-state index in [0.717, 1.165) is 24.4 Å². The van der Waals surface area contributed by atoms with Crippen molar-refractivity contribution in [2.75, 3.05) is 6.54 Å². The number of nitrogens with one attached hydrogen (secondary N) is 1. The second-order valence-corrected chi connectivity index (χ2v) is 5.90. The molecule has 1 saturated carbocycles. The van der Waals surface area contributed by atoms with Crippen molar-refractivity contribution in [3.8, 4) is 0 Å². The fraction of sp³-hybridized carbons (Fsp3) is 0.500. The second kappa shape index (κ2) is 4.43. The predicted molar refractivity (Wildman–Crippen MR) is 74.6 cm³/mol. The van der Waals surface area contributed by atoms with E-state index in [-0.39, 0.29) is 0 Å². The first-order chi connectivity index (χ1) is 8.68. The number of hydrogen-bond donors (Lipinski definition) is 1. The van der Waals surface area contributed by atoms with E-state index in [1.165, 1.54) is 30.2 Å². The lowest BCUT2D eigenvalue weighted by Crippen LogP contribution is -2.37. The average molecular weight is 243 g/mol. The molecular formula is C16H21NO. The zero-order valence-corrected chi connectivity index (χ0v) is 11.3. The van der Waals surface area contributed by atoms with Gasteiger partial charge in [-0.15, -0.1) is 0 Å². The van der Waals surface area contributed by atoms with Gasteiger partial charge >= 0.3 is 0 Å². The highest BCUT2D eigenvalue weighted by molar-refractivity contribution is 5.82. The van der Waals surface area contributed by atoms with Crippen molar-refractivity contribution in [1.29, 1.82) is 0 Å². The standard InChI is InChI=1S/C16H21NO/c1-12-14(10-17-11-16(2)8-5-9-16)13-6-3-4-7-15(13)18-12/h3-4,6-7,17H,5,8-11H2,1-2H3. The Labute approximate surface area is 108 Å². The van der Waals surface area contributed by atoms with Gasteiger partial charge in [-0.25, -0.2) is 0 Å². The van der Waals surface area contributed by atoms with Crippen LogP contribution in [0.3, 0.4) is 0 Å². The Hall–Kier alpha value is -1.28. The van der Waals surface area contributed by atoms with Crippen LogP contribution in [0.4, 0.5) is 0 Å². The van der Waals surface area contributed by atoms with Gasteiger partial charge in [0.2, 0.25) is 0 Å². The summed E-state index contributed by atoms with van der Waals surface area (Å²) in [7, 11) is 0. The molecule has 3 rings (SSSR count). The summed E-state index contributed by atoms with van der Waals surface area (Å²) in [6.45, 7) is 6.47. The Kier molecular flexibility index (Phi) is 2.90. The molecule has 1 fully saturated rings. The van der Waals surface area contributed by atoms with E-state index < -0.39 is 0 Å². The highest BCUT2D eigenvalue weighted by Gasteiger charge is 2.31. The van der Waals surface area contributed by atoms with Gasteiger partial charge in [0.1, 0.15) is 11.3 Å². The number of aryl methyl sites for hydroxylation is 1. The maximum Gasteiger partial charge on any atom is 0.134 e. The van der Waals surface area contributed by atoms with Crippen LogP contribution in [0.1, 0.15) is 37.5 Å². The van der Waals surface area contributed by atoms with Crippen LogP contribution in [-0.4, -0.2) is 6.54 Å². The van der Waals surface area contributed by atoms with Crippen LogP contribution < -0.4 is 5.32 Å². The third-order valence-electron chi connectivity index (χ3n) is 4.31. The number of furan rings is 1. The lowest BCUT2D eigenvalue weighted by molar-refractivity contribution is 0.156. The van der Waals surface area contributed by atoms with Gasteiger partial charge in [-0.05, 0) is 31.2 Å². The Bertz CT molecular complexity index is 551. The summed E-state index contributed by atoms with van der Waals surface area (Å²) in [5.41, 5.74) is 2.85. The lowest BCUT2D eigenvalue weighted by atomic mass is 9.70. The van der Waals surface area contributed by atoms with Gasteiger partial charge in [-0.2, -0.15) is 0 Å². The van der Waals surface area contributed by atoms with Crippen LogP contribution in [0.25, 0.3) is 11.0 Å². The van der Waals surface area contributed by atoms with Crippen LogP contribution in [0.5, 0.6) is 0 Å². The molecule has 0 unspecified atom stereocenters. The molecule has 2 aromatic rings. The first kappa shape index (κ1) is 11.8. The predicted octanol–water partition coefficient (Wildman–Crippen LogP) is 4.02. The second-order valence-electron chi connectivity index (χ2n) is 5.90. The molecule has 1 N–H and O–H groups in total. The summed E-state index contributed by atoms with van der Waals surface area (Å²) >= 11 is 0. The molecule has 0 aliphatic heterocycles. The molecule has 1 aliphatic rings. The summed E-state index contributed by atoms with van der Waals surface area (Å²) in [6.07, 6.45) is 4.13. The minimum atomic E-state index is 0.535. The van der Waals surface area contributed by atoms with Crippen molar-refractivity contribution in [3.05, 3.63) is 35.6 Å². The molecule has 2 nitrogen and oxygen atoms in total. The van der Waals surface area contributed by atoms with Crippen molar-refractivity contribution in [3.63, 3.8) is 0 Å². The maximum absolute atomic E-state index is 5.78. The molecular weight excluding hydrogens is 222 g/mol. The molecule has 1 aliphatic carbocycles. The molecule has 0 bridgehead atoms. The summed E-state index contributed by atoms with van der Waals surface area (Å²) in [5.74, 6) is 1.04. The third kappa shape index (κ3) is 2.05. The zero-order valence-electron chi connectivity index (χ0n) is 11.3. The largest absolute Gasteiger partial charge is 0.461 e. The zero-order chi connectivity index (χ0) is 12.6. The van der Waals surface area contributed by atoms with Gasteiger partial charge in [0.25, 0.3) is 0 Å². The van der Waals surface area contributed by atoms with E-state index in [0.29, 0.717) is 5.41 Å². The monoisotopic (exact) mass is 243 g/mol. The minimum Gasteiger partial charge on any atom is -0.461 e. The van der Waals surface area contributed by atoms with Crippen molar-refractivity contribution in [1.82, 2.24) is 5.32 Å². The highest BCUT2D eigenvalue weighted by Crippen LogP contribution is 2.39. The van der Waals surface area contributed by atoms with Crippen molar-refractivity contribution in [2.45, 2.75) is 39.7 Å². The Morgan fingerprint density at radius 1 is 1.28 bits per heavy atom. The van der Waals surface area contributed by atoms with Crippen LogP contribution in [0, 0.1) is 12.3 Å². The number of hydrogen-bond acceptors (Lipinski definition) is 2. The summed E-state index contributed by atoms with van der Waals surface area (Å²) in [5, 5.41) is 4.85. The molecule has 1 aromatic heterocycles. The molecule has 2 heteroatoms. The number of benzene rings is 1. The molecule has 96 valence electrons. The lowest BCUT2D eigenvalue weighted by Gasteiger charge is -2.38. The molecule has 1 aromatic carbocycles. The molecule has 0 saturated heterocycles. The fourth-order valence-corrected chi connectivity index (χ4v) is 2.89. The number of para-hydroxylation sites is 1. The van der Waals surface area contributed by atoms with E-state index in [1.807, 2.05) is 12.1 Å². The molecule has 0 spiro atoms. The topological polar surface area (TPSA) is 25.2 Å². The summed E-state index contributed by atoms with van der Waals surface area (Å²) in [6, 6.07) is 8.29. The molecule has 0 radical (unpaired) electrons. The number of rotatable bonds is 4. The van der Waals surface area contributed by atoms with Crippen molar-refractivity contribution in [2.24, 2.45) is 5.41 Å². The van der Waals surface area contributed by atoms with Gasteiger partial charge < -0.3 is 9.73 Å². The van der Waals surface area contributed by atoms with E-state index in [2.05, 4.69) is 31.3 Å². The van der Waals surface area contributed by atoms with E-state index in [1.54, 1.807) is 0 Å². The Morgan fingerprint density at radius 2 is 2.06 bits per heavy atom. The minimum absolute atomic E-state index is 0.535. The molecule has 18 heavy (non-hydrogen) atoms. The number of fused-ring (bicyclic) bond motifs is 1. The fourth-order valence-electron chi connectivity index (χ4n) is 2.89. The van der Waals surface area contributed by atoms with Gasteiger partial charge in [0.05, 0.1) is 0 Å². The molecule has 0 amide bonds. The van der Waals surface area contributed by atoms with Gasteiger partial charge in [0, 0.05) is 24.0 Å². The van der Waals surface area contributed by atoms with E-state index in [9.17, 15) is 0 Å². The summed E-state index contributed by atoms with van der Waals surface area (Å²) < 4.78 is 5.78. The van der Waals surface area contributed by atoms with E-state index >= 15 is 0 Å². The summed E-state index contributed by atoms with van der Waals surface area (Å²) in [4.78, 5) is 0.